The number of hydrogen-bond acceptors (Lipinski definition) is 2. The molecule has 1 saturated carbocycles. The summed E-state index contributed by atoms with van der Waals surface area (Å²) in [6.07, 6.45) is 4.58. The van der Waals surface area contributed by atoms with Gasteiger partial charge in [-0.2, -0.15) is 0 Å². The smallest absolute Gasteiger partial charge is 0.130 e. The van der Waals surface area contributed by atoms with Crippen LogP contribution in [-0.4, -0.2) is 18.3 Å². The van der Waals surface area contributed by atoms with E-state index in [9.17, 15) is 13.9 Å². The van der Waals surface area contributed by atoms with E-state index in [4.69, 9.17) is 0 Å². The van der Waals surface area contributed by atoms with Gasteiger partial charge in [-0.3, -0.25) is 0 Å². The Hall–Kier alpha value is -1.00. The molecular formula is C15H21F2NO. The van der Waals surface area contributed by atoms with Crippen LogP contribution in [0, 0.1) is 23.5 Å². The minimum Gasteiger partial charge on any atom is -0.396 e. The van der Waals surface area contributed by atoms with Gasteiger partial charge in [0.1, 0.15) is 11.6 Å². The van der Waals surface area contributed by atoms with Gasteiger partial charge in [-0.1, -0.05) is 18.9 Å². The van der Waals surface area contributed by atoms with E-state index in [2.05, 4.69) is 5.32 Å². The molecule has 1 aromatic rings. The van der Waals surface area contributed by atoms with Crippen molar-refractivity contribution < 1.29 is 13.9 Å². The van der Waals surface area contributed by atoms with Crippen molar-refractivity contribution >= 4 is 0 Å². The molecule has 19 heavy (non-hydrogen) atoms. The second-order valence-electron chi connectivity index (χ2n) is 5.35. The number of halogens is 2. The predicted octanol–water partition coefficient (Wildman–Crippen LogP) is 2.85. The van der Waals surface area contributed by atoms with E-state index in [0.717, 1.165) is 25.5 Å². The van der Waals surface area contributed by atoms with E-state index in [0.29, 0.717) is 23.9 Å². The molecule has 1 aliphatic carbocycles. The number of rotatable bonds is 5. The van der Waals surface area contributed by atoms with Gasteiger partial charge >= 0.3 is 0 Å². The Balaban J connectivity index is 1.82. The predicted molar refractivity (Wildman–Crippen MR) is 70.6 cm³/mol. The van der Waals surface area contributed by atoms with Gasteiger partial charge in [-0.15, -0.1) is 0 Å². The molecule has 0 radical (unpaired) electrons. The zero-order valence-corrected chi connectivity index (χ0v) is 11.0. The molecule has 0 amide bonds. The van der Waals surface area contributed by atoms with E-state index in [1.165, 1.54) is 25.0 Å². The lowest BCUT2D eigenvalue weighted by Gasteiger charge is -2.30. The molecule has 0 saturated heterocycles. The van der Waals surface area contributed by atoms with Gasteiger partial charge in [0, 0.05) is 24.8 Å². The van der Waals surface area contributed by atoms with Crippen LogP contribution in [0.15, 0.2) is 18.2 Å². The first-order valence-electron chi connectivity index (χ1n) is 6.96. The van der Waals surface area contributed by atoms with Gasteiger partial charge in [0.15, 0.2) is 0 Å². The van der Waals surface area contributed by atoms with Gasteiger partial charge in [-0.25, -0.2) is 8.78 Å². The molecule has 2 rings (SSSR count). The van der Waals surface area contributed by atoms with E-state index in [-0.39, 0.29) is 6.61 Å². The molecule has 1 aromatic carbocycles. The highest BCUT2D eigenvalue weighted by atomic mass is 19.1. The van der Waals surface area contributed by atoms with E-state index in [1.807, 2.05) is 0 Å². The molecule has 0 aromatic heterocycles. The molecule has 2 nitrogen and oxygen atoms in total. The third-order valence-electron chi connectivity index (χ3n) is 4.04. The molecule has 2 unspecified atom stereocenters. The van der Waals surface area contributed by atoms with Crippen LogP contribution in [0.3, 0.4) is 0 Å². The van der Waals surface area contributed by atoms with E-state index >= 15 is 0 Å². The fourth-order valence-corrected chi connectivity index (χ4v) is 2.85. The summed E-state index contributed by atoms with van der Waals surface area (Å²) in [5, 5.41) is 12.5. The Kier molecular flexibility index (Phi) is 5.28. The fourth-order valence-electron chi connectivity index (χ4n) is 2.85. The maximum absolute atomic E-state index is 13.4. The first kappa shape index (κ1) is 14.4. The zero-order chi connectivity index (χ0) is 13.7. The topological polar surface area (TPSA) is 32.3 Å². The highest BCUT2D eigenvalue weighted by Crippen LogP contribution is 2.29. The van der Waals surface area contributed by atoms with Crippen LogP contribution in [0.5, 0.6) is 0 Å². The van der Waals surface area contributed by atoms with Crippen molar-refractivity contribution in [2.24, 2.45) is 11.8 Å². The van der Waals surface area contributed by atoms with Crippen LogP contribution in [0.4, 0.5) is 8.78 Å². The van der Waals surface area contributed by atoms with Crippen LogP contribution in [0.2, 0.25) is 0 Å². The summed E-state index contributed by atoms with van der Waals surface area (Å²) < 4.78 is 26.2. The van der Waals surface area contributed by atoms with Crippen LogP contribution in [0.25, 0.3) is 0 Å². The molecule has 2 N–H and O–H groups in total. The monoisotopic (exact) mass is 269 g/mol. The highest BCUT2D eigenvalue weighted by molar-refractivity contribution is 5.18. The molecular weight excluding hydrogens is 248 g/mol. The third-order valence-corrected chi connectivity index (χ3v) is 4.04. The molecule has 0 heterocycles. The van der Waals surface area contributed by atoms with E-state index < -0.39 is 11.6 Å². The lowest BCUT2D eigenvalue weighted by Crippen LogP contribution is -2.32. The van der Waals surface area contributed by atoms with Gasteiger partial charge in [0.05, 0.1) is 0 Å². The van der Waals surface area contributed by atoms with Crippen molar-refractivity contribution in [3.8, 4) is 0 Å². The highest BCUT2D eigenvalue weighted by Gasteiger charge is 2.23. The maximum atomic E-state index is 13.4. The fraction of sp³-hybridized carbons (Fsp3) is 0.600. The molecule has 0 bridgehead atoms. The van der Waals surface area contributed by atoms with Gasteiger partial charge in [0.25, 0.3) is 0 Å². The first-order valence-corrected chi connectivity index (χ1v) is 6.96. The normalized spacial score (nSPS) is 23.5. The number of hydrogen-bond donors (Lipinski definition) is 2. The third kappa shape index (κ3) is 3.98. The molecule has 1 aliphatic rings. The second kappa shape index (κ2) is 6.96. The summed E-state index contributed by atoms with van der Waals surface area (Å²) in [4.78, 5) is 0. The summed E-state index contributed by atoms with van der Waals surface area (Å²) in [6, 6.07) is 3.66. The average Bonchev–Trinajstić information content (AvgIpc) is 2.42. The summed E-state index contributed by atoms with van der Waals surface area (Å²) in [7, 11) is 0. The molecule has 1 fully saturated rings. The molecule has 4 heteroatoms. The minimum absolute atomic E-state index is 0.233. The zero-order valence-electron chi connectivity index (χ0n) is 11.0. The molecule has 106 valence electrons. The van der Waals surface area contributed by atoms with Crippen molar-refractivity contribution in [1.29, 1.82) is 0 Å². The summed E-state index contributed by atoms with van der Waals surface area (Å²) in [5.74, 6) is -0.231. The van der Waals surface area contributed by atoms with Crippen LogP contribution in [-0.2, 0) is 6.54 Å². The van der Waals surface area contributed by atoms with Crippen molar-refractivity contribution in [1.82, 2.24) is 5.32 Å². The standard InChI is InChI=1S/C15H21F2NO/c16-14-6-5-12(15(17)7-14)9-18-8-11-3-1-2-4-13(11)10-19/h5-7,11,13,18-19H,1-4,8-10H2. The first-order chi connectivity index (χ1) is 9.20. The number of benzene rings is 1. The van der Waals surface area contributed by atoms with Crippen molar-refractivity contribution in [2.75, 3.05) is 13.2 Å². The lowest BCUT2D eigenvalue weighted by atomic mass is 9.79. The quantitative estimate of drug-likeness (QED) is 0.861. The Morgan fingerprint density at radius 3 is 2.58 bits per heavy atom. The lowest BCUT2D eigenvalue weighted by molar-refractivity contribution is 0.133. The maximum Gasteiger partial charge on any atom is 0.130 e. The Bertz CT molecular complexity index is 411. The Morgan fingerprint density at radius 2 is 1.89 bits per heavy atom. The second-order valence-corrected chi connectivity index (χ2v) is 5.35. The van der Waals surface area contributed by atoms with Crippen molar-refractivity contribution in [3.05, 3.63) is 35.4 Å². The van der Waals surface area contributed by atoms with Crippen molar-refractivity contribution in [2.45, 2.75) is 32.2 Å². The molecule has 0 aliphatic heterocycles. The summed E-state index contributed by atoms with van der Waals surface area (Å²) in [6.45, 7) is 1.42. The summed E-state index contributed by atoms with van der Waals surface area (Å²) >= 11 is 0. The van der Waals surface area contributed by atoms with Crippen LogP contribution in [0.1, 0.15) is 31.2 Å². The Morgan fingerprint density at radius 1 is 1.16 bits per heavy atom. The van der Waals surface area contributed by atoms with Gasteiger partial charge in [-0.05, 0) is 37.3 Å². The average molecular weight is 269 g/mol. The van der Waals surface area contributed by atoms with Gasteiger partial charge in [0.2, 0.25) is 0 Å². The Labute approximate surface area is 112 Å². The molecule has 2 atom stereocenters. The van der Waals surface area contributed by atoms with E-state index in [1.54, 1.807) is 0 Å². The summed E-state index contributed by atoms with van der Waals surface area (Å²) in [5.41, 5.74) is 0.484. The molecule has 0 spiro atoms. The van der Waals surface area contributed by atoms with Gasteiger partial charge < -0.3 is 10.4 Å². The number of aliphatic hydroxyl groups is 1. The SMILES string of the molecule is OCC1CCCCC1CNCc1ccc(F)cc1F. The van der Waals surface area contributed by atoms with Crippen LogP contribution < -0.4 is 5.32 Å². The number of nitrogens with one attached hydrogen (secondary N) is 1. The number of aliphatic hydroxyl groups excluding tert-OH is 1. The van der Waals surface area contributed by atoms with Crippen molar-refractivity contribution in [3.63, 3.8) is 0 Å². The van der Waals surface area contributed by atoms with Crippen LogP contribution >= 0.6 is 0 Å². The largest absolute Gasteiger partial charge is 0.396 e. The minimum atomic E-state index is -0.547.